The molecule has 8 heteroatoms. The van der Waals surface area contributed by atoms with Crippen LogP contribution < -0.4 is 5.32 Å². The lowest BCUT2D eigenvalue weighted by Gasteiger charge is -2.18. The second-order valence-electron chi connectivity index (χ2n) is 6.41. The highest BCUT2D eigenvalue weighted by atomic mass is 127. The van der Waals surface area contributed by atoms with Crippen molar-refractivity contribution < 1.29 is 9.59 Å². The second-order valence-corrected chi connectivity index (χ2v) is 9.41. The van der Waals surface area contributed by atoms with Gasteiger partial charge in [-0.05, 0) is 37.1 Å². The van der Waals surface area contributed by atoms with E-state index in [1.54, 1.807) is 12.1 Å². The molecule has 0 aliphatic carbocycles. The van der Waals surface area contributed by atoms with Crippen molar-refractivity contribution >= 4 is 62.5 Å². The van der Waals surface area contributed by atoms with E-state index >= 15 is 0 Å². The molecule has 1 saturated heterocycles. The molecule has 148 valence electrons. The Morgan fingerprint density at radius 2 is 1.79 bits per heavy atom. The second kappa shape index (κ2) is 10.4. The van der Waals surface area contributed by atoms with Gasteiger partial charge in [0.15, 0.2) is 0 Å². The molecule has 1 aliphatic heterocycles. The minimum atomic E-state index is -0.0843. The van der Waals surface area contributed by atoms with Gasteiger partial charge in [0.25, 0.3) is 5.91 Å². The largest absolute Gasteiger partial charge is 0.357 e. The molecular weight excluding hydrogens is 505 g/mol. The molecule has 1 aromatic carbocycles. The molecule has 0 saturated carbocycles. The number of thioether (sulfide) groups is 1. The molecule has 0 spiro atoms. The zero-order valence-electron chi connectivity index (χ0n) is 15.4. The number of hydrogen-bond donors (Lipinski definition) is 2. The topological polar surface area (TPSA) is 73.3 Å². The number of nitrogens with zero attached hydrogens (tertiary/aromatic N) is 1. The number of nitrogens with one attached hydrogen (secondary N) is 2. The first kappa shape index (κ1) is 21.3. The Morgan fingerprint density at radius 3 is 2.43 bits per heavy atom. The molecule has 28 heavy (non-hydrogen) atoms. The number of hydrogen-bond acceptors (Lipinski definition) is 5. The van der Waals surface area contributed by atoms with Gasteiger partial charge in [0.05, 0.1) is 4.88 Å². The van der Waals surface area contributed by atoms with Crippen molar-refractivity contribution in [3.63, 3.8) is 0 Å². The average molecular weight is 527 g/mol. The number of benzene rings is 1. The molecule has 3 rings (SSSR count). The van der Waals surface area contributed by atoms with E-state index in [-0.39, 0.29) is 11.0 Å². The summed E-state index contributed by atoms with van der Waals surface area (Å²) in [6.07, 6.45) is 2.27. The van der Waals surface area contributed by atoms with Crippen LogP contribution in [0.2, 0.25) is 0 Å². The molecule has 2 aromatic rings. The fraction of sp³-hybridized carbons (Fsp3) is 0.350. The van der Waals surface area contributed by atoms with Crippen LogP contribution in [0.25, 0.3) is 0 Å². The van der Waals surface area contributed by atoms with Crippen LogP contribution in [0.15, 0.2) is 36.4 Å². The third kappa shape index (κ3) is 5.57. The van der Waals surface area contributed by atoms with E-state index in [0.717, 1.165) is 35.9 Å². The monoisotopic (exact) mass is 527 g/mol. The predicted molar refractivity (Wildman–Crippen MR) is 125 cm³/mol. The Kier molecular flexibility index (Phi) is 7.92. The predicted octanol–water partition coefficient (Wildman–Crippen LogP) is 4.41. The van der Waals surface area contributed by atoms with Crippen LogP contribution in [0, 0.1) is 5.41 Å². The molecule has 1 amide bonds. The van der Waals surface area contributed by atoms with E-state index in [9.17, 15) is 9.59 Å². The van der Waals surface area contributed by atoms with Crippen LogP contribution in [0.5, 0.6) is 0 Å². The van der Waals surface area contributed by atoms with E-state index in [0.29, 0.717) is 28.6 Å². The van der Waals surface area contributed by atoms with Crippen LogP contribution in [0.1, 0.15) is 43.3 Å². The Bertz CT molecular complexity index is 845. The molecule has 1 aromatic heterocycles. The summed E-state index contributed by atoms with van der Waals surface area (Å²) in [7, 11) is 0. The first-order valence-electron chi connectivity index (χ1n) is 9.12. The molecule has 2 N–H and O–H groups in total. The van der Waals surface area contributed by atoms with Crippen molar-refractivity contribution in [1.29, 1.82) is 5.41 Å². The van der Waals surface area contributed by atoms with Gasteiger partial charge in [-0.15, -0.1) is 11.3 Å². The normalized spacial score (nSPS) is 13.5. The van der Waals surface area contributed by atoms with Crippen molar-refractivity contribution in [3.05, 3.63) is 57.3 Å². The van der Waals surface area contributed by atoms with Gasteiger partial charge in [-0.3, -0.25) is 15.0 Å². The lowest BCUT2D eigenvalue weighted by molar-refractivity contribution is 0.0959. The maximum absolute atomic E-state index is 12.3. The summed E-state index contributed by atoms with van der Waals surface area (Å²) < 4.78 is 0.899. The van der Waals surface area contributed by atoms with E-state index in [2.05, 4.69) is 32.8 Å². The summed E-state index contributed by atoms with van der Waals surface area (Å²) >= 11 is 4.98. The lowest BCUT2D eigenvalue weighted by atomic mass is 10.1. The van der Waals surface area contributed by atoms with Crippen LogP contribution in [-0.2, 0) is 4.43 Å². The first-order chi connectivity index (χ1) is 13.6. The van der Waals surface area contributed by atoms with Gasteiger partial charge in [0, 0.05) is 45.8 Å². The van der Waals surface area contributed by atoms with Crippen molar-refractivity contribution in [3.8, 4) is 0 Å². The number of halogens is 1. The van der Waals surface area contributed by atoms with E-state index in [1.165, 1.54) is 28.0 Å². The van der Waals surface area contributed by atoms with E-state index in [1.807, 2.05) is 24.3 Å². The molecule has 1 aliphatic rings. The summed E-state index contributed by atoms with van der Waals surface area (Å²) in [5.74, 6) is 0.977. The van der Waals surface area contributed by atoms with Gasteiger partial charge < -0.3 is 10.2 Å². The summed E-state index contributed by atoms with van der Waals surface area (Å²) in [6.45, 7) is 2.32. The minimum absolute atomic E-state index is 0.0168. The third-order valence-electron chi connectivity index (χ3n) is 4.45. The Morgan fingerprint density at radius 1 is 1.11 bits per heavy atom. The highest BCUT2D eigenvalue weighted by molar-refractivity contribution is 14.1. The summed E-state index contributed by atoms with van der Waals surface area (Å²) in [5, 5.41) is 11.1. The highest BCUT2D eigenvalue weighted by Crippen LogP contribution is 2.19. The summed E-state index contributed by atoms with van der Waals surface area (Å²) in [6, 6.07) is 11.1. The van der Waals surface area contributed by atoms with Gasteiger partial charge in [-0.2, -0.15) is 0 Å². The molecule has 0 unspecified atom stereocenters. The number of amides is 1. The van der Waals surface area contributed by atoms with E-state index < -0.39 is 0 Å². The smallest absolute Gasteiger partial charge is 0.261 e. The lowest BCUT2D eigenvalue weighted by Crippen LogP contribution is -2.27. The number of rotatable bonds is 7. The summed E-state index contributed by atoms with van der Waals surface area (Å²) in [5.41, 5.74) is 1.47. The quantitative estimate of drug-likeness (QED) is 0.184. The summed E-state index contributed by atoms with van der Waals surface area (Å²) in [4.78, 5) is 28.4. The Labute approximate surface area is 186 Å². The van der Waals surface area contributed by atoms with Crippen LogP contribution in [0.3, 0.4) is 0 Å². The Balaban J connectivity index is 1.43. The van der Waals surface area contributed by atoms with Crippen molar-refractivity contribution in [2.75, 3.05) is 25.4 Å². The van der Waals surface area contributed by atoms with Gasteiger partial charge in [0.2, 0.25) is 5.12 Å². The number of amidine groups is 1. The van der Waals surface area contributed by atoms with Gasteiger partial charge >= 0.3 is 0 Å². The average Bonchev–Trinajstić information content (AvgIpc) is 3.42. The molecule has 0 radical (unpaired) electrons. The SMILES string of the molecule is N=C(c1ccc(C(=O)SCCNC(=O)c2ccc(CI)s2)cc1)N1CCCC1. The van der Waals surface area contributed by atoms with Crippen LogP contribution >= 0.6 is 45.7 Å². The van der Waals surface area contributed by atoms with E-state index in [4.69, 9.17) is 5.41 Å². The zero-order chi connectivity index (χ0) is 19.9. The zero-order valence-corrected chi connectivity index (χ0v) is 19.2. The standard InChI is InChI=1S/C20H22IN3O2S2/c21-13-16-7-8-17(28-16)19(25)23-9-12-27-20(26)15-5-3-14(4-6-15)18(22)24-10-1-2-11-24/h3-8,22H,1-2,9-13H2,(H,23,25). The fourth-order valence-corrected chi connectivity index (χ4v) is 5.13. The number of alkyl halides is 1. The third-order valence-corrected chi connectivity index (χ3v) is 7.78. The van der Waals surface area contributed by atoms with Gasteiger partial charge in [-0.1, -0.05) is 46.5 Å². The molecule has 1 fully saturated rings. The number of carbonyl (C=O) groups is 2. The molecule has 2 heterocycles. The van der Waals surface area contributed by atoms with Crippen LogP contribution in [0.4, 0.5) is 0 Å². The Hall–Kier alpha value is -1.39. The number of thiophene rings is 1. The molecule has 5 nitrogen and oxygen atoms in total. The van der Waals surface area contributed by atoms with Gasteiger partial charge in [0.1, 0.15) is 5.84 Å². The molecular formula is C20H22IN3O2S2. The number of likely N-dealkylation sites (tertiary alicyclic amines) is 1. The van der Waals surface area contributed by atoms with Gasteiger partial charge in [-0.25, -0.2) is 0 Å². The van der Waals surface area contributed by atoms with Crippen LogP contribution in [-0.4, -0.2) is 47.1 Å². The molecule has 0 atom stereocenters. The maximum Gasteiger partial charge on any atom is 0.261 e. The maximum atomic E-state index is 12.3. The van der Waals surface area contributed by atoms with Crippen molar-refractivity contribution in [2.24, 2.45) is 0 Å². The first-order valence-corrected chi connectivity index (χ1v) is 12.4. The van der Waals surface area contributed by atoms with Crippen molar-refractivity contribution in [2.45, 2.75) is 17.3 Å². The highest BCUT2D eigenvalue weighted by Gasteiger charge is 2.17. The minimum Gasteiger partial charge on any atom is -0.357 e. The number of carbonyl (C=O) groups excluding carboxylic acids is 2. The fourth-order valence-electron chi connectivity index (χ4n) is 2.94. The molecule has 0 bridgehead atoms. The van der Waals surface area contributed by atoms with Crippen molar-refractivity contribution in [1.82, 2.24) is 10.2 Å².